The molecule has 3 aromatic rings. The van der Waals surface area contributed by atoms with Gasteiger partial charge in [0.1, 0.15) is 0 Å². The zero-order chi connectivity index (χ0) is 16.4. The molecule has 1 aliphatic heterocycles. The molecule has 1 aromatic carbocycles. The first kappa shape index (κ1) is 14.9. The van der Waals surface area contributed by atoms with Crippen molar-refractivity contribution in [3.63, 3.8) is 0 Å². The van der Waals surface area contributed by atoms with Gasteiger partial charge in [-0.15, -0.1) is 0 Å². The van der Waals surface area contributed by atoms with Gasteiger partial charge in [-0.25, -0.2) is 14.6 Å². The monoisotopic (exact) mass is 319 g/mol. The van der Waals surface area contributed by atoms with Crippen LogP contribution in [-0.2, 0) is 0 Å². The van der Waals surface area contributed by atoms with E-state index < -0.39 is 0 Å². The zero-order valence-corrected chi connectivity index (χ0v) is 13.9. The number of anilines is 1. The lowest BCUT2D eigenvalue weighted by Gasteiger charge is -2.26. The van der Waals surface area contributed by atoms with E-state index in [1.165, 1.54) is 19.3 Å². The van der Waals surface area contributed by atoms with Crippen molar-refractivity contribution in [3.05, 3.63) is 54.5 Å². The first-order valence-electron chi connectivity index (χ1n) is 8.51. The molecular formula is C19H21N5. The van der Waals surface area contributed by atoms with Gasteiger partial charge in [-0.2, -0.15) is 5.10 Å². The first-order valence-corrected chi connectivity index (χ1v) is 8.51. The minimum absolute atomic E-state index is 0.832. The van der Waals surface area contributed by atoms with Crippen molar-refractivity contribution in [1.82, 2.24) is 19.7 Å². The van der Waals surface area contributed by atoms with Gasteiger partial charge in [-0.1, -0.05) is 18.2 Å². The number of piperidine rings is 1. The molecule has 0 aliphatic carbocycles. The van der Waals surface area contributed by atoms with Gasteiger partial charge in [-0.05, 0) is 44.4 Å². The molecule has 2 aromatic heterocycles. The van der Waals surface area contributed by atoms with E-state index in [4.69, 9.17) is 4.98 Å². The summed E-state index contributed by atoms with van der Waals surface area (Å²) in [6.07, 6.45) is 7.65. The Morgan fingerprint density at radius 1 is 0.958 bits per heavy atom. The van der Waals surface area contributed by atoms with Crippen molar-refractivity contribution in [1.29, 1.82) is 0 Å². The molecule has 5 heteroatoms. The molecule has 4 rings (SSSR count). The molecule has 0 unspecified atom stereocenters. The minimum atomic E-state index is 0.832. The minimum Gasteiger partial charge on any atom is -0.341 e. The fourth-order valence-electron chi connectivity index (χ4n) is 3.17. The average Bonchev–Trinajstić information content (AvgIpc) is 3.05. The van der Waals surface area contributed by atoms with Crippen molar-refractivity contribution in [2.45, 2.75) is 26.2 Å². The summed E-state index contributed by atoms with van der Waals surface area (Å²) in [5.74, 6) is 0.832. The van der Waals surface area contributed by atoms with Crippen LogP contribution in [0.3, 0.4) is 0 Å². The fraction of sp³-hybridized carbons (Fsp3) is 0.316. The van der Waals surface area contributed by atoms with Gasteiger partial charge in [0.15, 0.2) is 0 Å². The van der Waals surface area contributed by atoms with Crippen LogP contribution >= 0.6 is 0 Å². The van der Waals surface area contributed by atoms with Gasteiger partial charge in [-0.3, -0.25) is 0 Å². The lowest BCUT2D eigenvalue weighted by Crippen LogP contribution is -2.30. The van der Waals surface area contributed by atoms with Crippen molar-refractivity contribution in [2.24, 2.45) is 0 Å². The van der Waals surface area contributed by atoms with Crippen LogP contribution in [0.15, 0.2) is 48.8 Å². The molecule has 0 spiro atoms. The Labute approximate surface area is 142 Å². The SMILES string of the molecule is Cc1nn(-c2ccccc2)cc1-c1ccnc(N2CCCCC2)n1. The van der Waals surface area contributed by atoms with E-state index >= 15 is 0 Å². The molecule has 3 heterocycles. The lowest BCUT2D eigenvalue weighted by atomic mass is 10.1. The largest absolute Gasteiger partial charge is 0.341 e. The van der Waals surface area contributed by atoms with Crippen LogP contribution < -0.4 is 4.90 Å². The Morgan fingerprint density at radius 3 is 2.54 bits per heavy atom. The normalized spacial score (nSPS) is 14.8. The molecule has 5 nitrogen and oxygen atoms in total. The molecule has 1 saturated heterocycles. The summed E-state index contributed by atoms with van der Waals surface area (Å²) in [5, 5.41) is 4.64. The lowest BCUT2D eigenvalue weighted by molar-refractivity contribution is 0.568. The maximum Gasteiger partial charge on any atom is 0.225 e. The number of hydrogen-bond acceptors (Lipinski definition) is 4. The second kappa shape index (κ2) is 6.43. The zero-order valence-electron chi connectivity index (χ0n) is 13.9. The van der Waals surface area contributed by atoms with Gasteiger partial charge < -0.3 is 4.90 Å². The topological polar surface area (TPSA) is 46.8 Å². The van der Waals surface area contributed by atoms with E-state index in [0.29, 0.717) is 0 Å². The molecule has 0 bridgehead atoms. The molecule has 0 radical (unpaired) electrons. The van der Waals surface area contributed by atoms with E-state index in [-0.39, 0.29) is 0 Å². The van der Waals surface area contributed by atoms with E-state index in [1.54, 1.807) is 0 Å². The van der Waals surface area contributed by atoms with Crippen LogP contribution in [-0.4, -0.2) is 32.8 Å². The van der Waals surface area contributed by atoms with E-state index in [0.717, 1.165) is 41.7 Å². The molecular weight excluding hydrogens is 298 g/mol. The molecule has 122 valence electrons. The second-order valence-electron chi connectivity index (χ2n) is 6.20. The number of hydrogen-bond donors (Lipinski definition) is 0. The molecule has 0 amide bonds. The van der Waals surface area contributed by atoms with Crippen LogP contribution in [0.4, 0.5) is 5.95 Å². The van der Waals surface area contributed by atoms with Gasteiger partial charge in [0.25, 0.3) is 0 Å². The summed E-state index contributed by atoms with van der Waals surface area (Å²) in [6.45, 7) is 4.12. The van der Waals surface area contributed by atoms with Gasteiger partial charge in [0, 0.05) is 31.0 Å². The van der Waals surface area contributed by atoms with Gasteiger partial charge in [0.05, 0.1) is 17.1 Å². The summed E-state index contributed by atoms with van der Waals surface area (Å²) >= 11 is 0. The van der Waals surface area contributed by atoms with Crippen LogP contribution in [0.2, 0.25) is 0 Å². The maximum absolute atomic E-state index is 4.80. The third-order valence-corrected chi connectivity index (χ3v) is 4.48. The summed E-state index contributed by atoms with van der Waals surface area (Å²) < 4.78 is 1.91. The number of para-hydroxylation sites is 1. The average molecular weight is 319 g/mol. The Bertz CT molecular complexity index is 819. The van der Waals surface area contributed by atoms with Gasteiger partial charge in [0.2, 0.25) is 5.95 Å². The Kier molecular flexibility index (Phi) is 3.99. The van der Waals surface area contributed by atoms with Crippen LogP contribution in [0.1, 0.15) is 25.0 Å². The van der Waals surface area contributed by atoms with Crippen LogP contribution in [0.25, 0.3) is 16.9 Å². The maximum atomic E-state index is 4.80. The fourth-order valence-corrected chi connectivity index (χ4v) is 3.17. The van der Waals surface area contributed by atoms with E-state index in [2.05, 4.69) is 27.1 Å². The molecule has 1 fully saturated rings. The summed E-state index contributed by atoms with van der Waals surface area (Å²) in [5.41, 5.74) is 4.02. The standard InChI is InChI=1S/C19H21N5/c1-15-17(14-24(22-15)16-8-4-2-5-9-16)18-10-11-20-19(21-18)23-12-6-3-7-13-23/h2,4-5,8-11,14H,3,6-7,12-13H2,1H3. The Hall–Kier alpha value is -2.69. The van der Waals surface area contributed by atoms with Crippen molar-refractivity contribution in [2.75, 3.05) is 18.0 Å². The highest BCUT2D eigenvalue weighted by Crippen LogP contribution is 2.24. The first-order chi connectivity index (χ1) is 11.8. The second-order valence-corrected chi connectivity index (χ2v) is 6.20. The number of aromatic nitrogens is 4. The summed E-state index contributed by atoms with van der Waals surface area (Å²) in [6, 6.07) is 12.1. The van der Waals surface area contributed by atoms with E-state index in [1.807, 2.05) is 48.3 Å². The molecule has 0 N–H and O–H groups in total. The van der Waals surface area contributed by atoms with Gasteiger partial charge >= 0.3 is 0 Å². The molecule has 1 aliphatic rings. The predicted octanol–water partition coefficient (Wildman–Crippen LogP) is 3.63. The van der Waals surface area contributed by atoms with Crippen LogP contribution in [0.5, 0.6) is 0 Å². The number of rotatable bonds is 3. The van der Waals surface area contributed by atoms with Crippen molar-refractivity contribution in [3.8, 4) is 16.9 Å². The molecule has 24 heavy (non-hydrogen) atoms. The Balaban J connectivity index is 1.68. The van der Waals surface area contributed by atoms with Crippen molar-refractivity contribution >= 4 is 5.95 Å². The number of benzene rings is 1. The van der Waals surface area contributed by atoms with Crippen molar-refractivity contribution < 1.29 is 0 Å². The van der Waals surface area contributed by atoms with E-state index in [9.17, 15) is 0 Å². The smallest absolute Gasteiger partial charge is 0.225 e. The quantitative estimate of drug-likeness (QED) is 0.739. The molecule has 0 atom stereocenters. The highest BCUT2D eigenvalue weighted by molar-refractivity contribution is 5.62. The predicted molar refractivity (Wildman–Crippen MR) is 95.4 cm³/mol. The third-order valence-electron chi connectivity index (χ3n) is 4.48. The molecule has 0 saturated carbocycles. The highest BCUT2D eigenvalue weighted by atomic mass is 15.3. The summed E-state index contributed by atoms with van der Waals surface area (Å²) in [4.78, 5) is 11.5. The third kappa shape index (κ3) is 2.89. The van der Waals surface area contributed by atoms with Crippen LogP contribution in [0, 0.1) is 6.92 Å². The Morgan fingerprint density at radius 2 is 1.75 bits per heavy atom. The number of aryl methyl sites for hydroxylation is 1. The summed E-state index contributed by atoms with van der Waals surface area (Å²) in [7, 11) is 0. The highest BCUT2D eigenvalue weighted by Gasteiger charge is 2.16. The number of nitrogens with zero attached hydrogens (tertiary/aromatic N) is 5.